The normalized spacial score (nSPS) is 21.6. The molecule has 9 nitrogen and oxygen atoms in total. The molecule has 48 heavy (non-hydrogen) atoms. The molecule has 1 aromatic carbocycles. The average molecular weight is 665 g/mol. The highest BCUT2D eigenvalue weighted by atomic mass is 19.4. The van der Waals surface area contributed by atoms with Crippen molar-refractivity contribution in [1.29, 1.82) is 0 Å². The standard InChI is InChI=1S/C36H39F3N4O5/c1-22-5-7-25(8-6-22)34(44)43(26-9-11-27(47-2)12-10-26)31-14-13-28(19-29(31)35(45)46)48-33-30(36(37,38)39)18-23(20-41-33)21-42-17-15-24-4-3-16-40-32(24)42/h3-4,13-20,22,25-27H,5-12,21H2,1-2H3,(H,45,46)/t22-,25-,26?,27?. The third-order valence-corrected chi connectivity index (χ3v) is 9.71. The molecule has 254 valence electrons. The van der Waals surface area contributed by atoms with Crippen molar-refractivity contribution in [2.24, 2.45) is 11.8 Å². The summed E-state index contributed by atoms with van der Waals surface area (Å²) in [5.74, 6) is -1.96. The maximum atomic E-state index is 14.3. The largest absolute Gasteiger partial charge is 0.478 e. The summed E-state index contributed by atoms with van der Waals surface area (Å²) in [6, 6.07) is 10.3. The minimum Gasteiger partial charge on any atom is -0.478 e. The number of carboxylic acids is 1. The summed E-state index contributed by atoms with van der Waals surface area (Å²) >= 11 is 0. The lowest BCUT2D eigenvalue weighted by Gasteiger charge is -2.40. The highest BCUT2D eigenvalue weighted by Crippen LogP contribution is 2.40. The third-order valence-electron chi connectivity index (χ3n) is 9.71. The van der Waals surface area contributed by atoms with Gasteiger partial charge >= 0.3 is 12.1 Å². The molecule has 6 rings (SSSR count). The fourth-order valence-electron chi connectivity index (χ4n) is 7.02. The van der Waals surface area contributed by atoms with E-state index in [9.17, 15) is 27.9 Å². The van der Waals surface area contributed by atoms with Gasteiger partial charge < -0.3 is 24.0 Å². The highest BCUT2D eigenvalue weighted by Gasteiger charge is 2.38. The Morgan fingerprint density at radius 2 is 1.75 bits per heavy atom. The molecule has 2 aliphatic carbocycles. The number of halogens is 3. The van der Waals surface area contributed by atoms with Crippen LogP contribution in [0.2, 0.25) is 0 Å². The Morgan fingerprint density at radius 3 is 2.44 bits per heavy atom. The molecule has 2 aliphatic rings. The Labute approximate surface area is 276 Å². The molecule has 0 spiro atoms. The van der Waals surface area contributed by atoms with Gasteiger partial charge in [-0.05, 0) is 105 Å². The molecule has 3 aromatic heterocycles. The summed E-state index contributed by atoms with van der Waals surface area (Å²) in [5.41, 5.74) is -0.190. The molecule has 3 heterocycles. The molecule has 0 bridgehead atoms. The number of anilines is 1. The Balaban J connectivity index is 1.31. The number of nitrogens with zero attached hydrogens (tertiary/aromatic N) is 4. The van der Waals surface area contributed by atoms with Crippen molar-refractivity contribution >= 4 is 28.6 Å². The van der Waals surface area contributed by atoms with E-state index in [0.717, 1.165) is 50.0 Å². The SMILES string of the molecule is COC1CCC(N(c2ccc(Oc3ncc(Cn4ccc5cccnc54)cc3C(F)(F)F)cc2C(=O)O)C(=O)[C@H]2CC[C@H](C)CC2)CC1. The van der Waals surface area contributed by atoms with Crippen LogP contribution in [0, 0.1) is 11.8 Å². The summed E-state index contributed by atoms with van der Waals surface area (Å²) in [6.07, 6.45) is 5.99. The fourth-order valence-corrected chi connectivity index (χ4v) is 7.02. The van der Waals surface area contributed by atoms with E-state index in [2.05, 4.69) is 16.9 Å². The second-order valence-corrected chi connectivity index (χ2v) is 13.0. The monoisotopic (exact) mass is 664 g/mol. The number of carbonyl (C=O) groups is 2. The Bertz CT molecular complexity index is 1780. The molecule has 12 heteroatoms. The van der Waals surface area contributed by atoms with E-state index in [1.807, 2.05) is 12.1 Å². The Hall–Kier alpha value is -4.45. The van der Waals surface area contributed by atoms with E-state index in [4.69, 9.17) is 9.47 Å². The van der Waals surface area contributed by atoms with Gasteiger partial charge in [-0.3, -0.25) is 4.79 Å². The van der Waals surface area contributed by atoms with Crippen LogP contribution < -0.4 is 9.64 Å². The second kappa shape index (κ2) is 14.0. The number of aromatic carboxylic acids is 1. The lowest BCUT2D eigenvalue weighted by molar-refractivity contribution is -0.139. The van der Waals surface area contributed by atoms with Crippen LogP contribution in [0.4, 0.5) is 18.9 Å². The number of ether oxygens (including phenoxy) is 2. The van der Waals surface area contributed by atoms with Gasteiger partial charge in [-0.2, -0.15) is 13.2 Å². The van der Waals surface area contributed by atoms with Crippen LogP contribution in [0.5, 0.6) is 11.6 Å². The molecule has 0 radical (unpaired) electrons. The number of aromatic nitrogens is 3. The zero-order chi connectivity index (χ0) is 34.0. The fraction of sp³-hybridized carbons (Fsp3) is 0.444. The quantitative estimate of drug-likeness (QED) is 0.193. The maximum Gasteiger partial charge on any atom is 0.421 e. The molecule has 0 unspecified atom stereocenters. The minimum absolute atomic E-state index is 0.0736. The van der Waals surface area contributed by atoms with Crippen LogP contribution in [0.15, 0.2) is 61.1 Å². The number of rotatable bonds is 9. The van der Waals surface area contributed by atoms with E-state index < -0.39 is 23.6 Å². The average Bonchev–Trinajstić information content (AvgIpc) is 3.48. The van der Waals surface area contributed by atoms with Gasteiger partial charge in [0.1, 0.15) is 17.0 Å². The van der Waals surface area contributed by atoms with Crippen molar-refractivity contribution in [3.05, 3.63) is 77.7 Å². The number of pyridine rings is 2. The van der Waals surface area contributed by atoms with Crippen LogP contribution in [0.25, 0.3) is 11.0 Å². The topological polar surface area (TPSA) is 107 Å². The molecule has 2 saturated carbocycles. The van der Waals surface area contributed by atoms with Crippen molar-refractivity contribution in [1.82, 2.24) is 14.5 Å². The first kappa shape index (κ1) is 33.5. The van der Waals surface area contributed by atoms with Crippen LogP contribution in [-0.4, -0.2) is 50.8 Å². The molecule has 0 saturated heterocycles. The van der Waals surface area contributed by atoms with E-state index in [-0.39, 0.29) is 53.1 Å². The molecule has 0 aliphatic heterocycles. The summed E-state index contributed by atoms with van der Waals surface area (Å²) in [6.45, 7) is 2.27. The van der Waals surface area contributed by atoms with Gasteiger partial charge in [-0.25, -0.2) is 14.8 Å². The molecule has 1 amide bonds. The van der Waals surface area contributed by atoms with E-state index >= 15 is 0 Å². The molecule has 1 N–H and O–H groups in total. The number of benzene rings is 1. The zero-order valence-electron chi connectivity index (χ0n) is 26.9. The van der Waals surface area contributed by atoms with Gasteiger partial charge in [0.15, 0.2) is 0 Å². The van der Waals surface area contributed by atoms with E-state index in [1.54, 1.807) is 35.0 Å². The molecule has 0 atom stereocenters. The zero-order valence-corrected chi connectivity index (χ0v) is 26.9. The van der Waals surface area contributed by atoms with Crippen molar-refractivity contribution in [3.8, 4) is 11.6 Å². The smallest absolute Gasteiger partial charge is 0.421 e. The Morgan fingerprint density at radius 1 is 1.00 bits per heavy atom. The van der Waals surface area contributed by atoms with E-state index in [1.165, 1.54) is 24.4 Å². The molecule has 4 aromatic rings. The van der Waals surface area contributed by atoms with Crippen molar-refractivity contribution in [2.45, 2.75) is 83.2 Å². The number of carbonyl (C=O) groups excluding carboxylic acids is 1. The number of amides is 1. The van der Waals surface area contributed by atoms with Crippen molar-refractivity contribution in [3.63, 3.8) is 0 Å². The number of fused-ring (bicyclic) bond motifs is 1. The van der Waals surface area contributed by atoms with Crippen molar-refractivity contribution < 1.29 is 37.3 Å². The van der Waals surface area contributed by atoms with Crippen LogP contribution >= 0.6 is 0 Å². The number of hydrogen-bond acceptors (Lipinski definition) is 6. The number of hydrogen-bond donors (Lipinski definition) is 1. The van der Waals surface area contributed by atoms with Crippen molar-refractivity contribution in [2.75, 3.05) is 12.0 Å². The Kier molecular flexibility index (Phi) is 9.73. The van der Waals surface area contributed by atoms with Crippen LogP contribution in [0.3, 0.4) is 0 Å². The van der Waals surface area contributed by atoms with Gasteiger partial charge in [-0.15, -0.1) is 0 Å². The summed E-state index contributed by atoms with van der Waals surface area (Å²) in [7, 11) is 1.66. The predicted octanol–water partition coefficient (Wildman–Crippen LogP) is 8.11. The van der Waals surface area contributed by atoms with Gasteiger partial charge in [0.05, 0.1) is 23.9 Å². The first-order valence-electron chi connectivity index (χ1n) is 16.4. The second-order valence-electron chi connectivity index (χ2n) is 13.0. The first-order valence-corrected chi connectivity index (χ1v) is 16.4. The number of alkyl halides is 3. The van der Waals surface area contributed by atoms with Gasteiger partial charge in [-0.1, -0.05) is 6.92 Å². The maximum absolute atomic E-state index is 14.3. The van der Waals surface area contributed by atoms with Crippen LogP contribution in [-0.2, 0) is 22.3 Å². The predicted molar refractivity (Wildman–Crippen MR) is 173 cm³/mol. The van der Waals surface area contributed by atoms with Gasteiger partial charge in [0, 0.05) is 43.0 Å². The van der Waals surface area contributed by atoms with Crippen LogP contribution in [0.1, 0.15) is 79.8 Å². The molecule has 2 fully saturated rings. The lowest BCUT2D eigenvalue weighted by Crippen LogP contribution is -2.47. The summed E-state index contributed by atoms with van der Waals surface area (Å²) in [5, 5.41) is 11.2. The molecular formula is C36H39F3N4O5. The summed E-state index contributed by atoms with van der Waals surface area (Å²) < 4.78 is 55.8. The third kappa shape index (κ3) is 7.18. The lowest BCUT2D eigenvalue weighted by atomic mass is 9.81. The van der Waals surface area contributed by atoms with Gasteiger partial charge in [0.25, 0.3) is 0 Å². The van der Waals surface area contributed by atoms with E-state index in [0.29, 0.717) is 24.4 Å². The number of carboxylic acid groups (broad SMARTS) is 1. The molecular weight excluding hydrogens is 625 g/mol. The summed E-state index contributed by atoms with van der Waals surface area (Å²) in [4.78, 5) is 36.7. The minimum atomic E-state index is -4.80. The van der Waals surface area contributed by atoms with Gasteiger partial charge in [0.2, 0.25) is 11.8 Å². The first-order chi connectivity index (χ1) is 23.0. The highest BCUT2D eigenvalue weighted by molar-refractivity contribution is 6.03. The number of methoxy groups -OCH3 is 1.